The molecule has 0 aromatic rings. The Hall–Kier alpha value is -1.12. The molecule has 15 heteroatoms. The number of hydrogen-bond donors (Lipinski definition) is 0. The van der Waals surface area contributed by atoms with E-state index in [2.05, 4.69) is 6.58 Å². The maximum Gasteiger partial charge on any atom is 0.411 e. The van der Waals surface area contributed by atoms with Crippen LogP contribution < -0.4 is 0 Å². The van der Waals surface area contributed by atoms with Gasteiger partial charge in [-0.2, -0.15) is 16.8 Å². The largest absolute Gasteiger partial charge is 0.467 e. The van der Waals surface area contributed by atoms with Gasteiger partial charge in [0.15, 0.2) is 0 Å². The molecule has 0 radical (unpaired) electrons. The fourth-order valence-electron chi connectivity index (χ4n) is 3.23. The van der Waals surface area contributed by atoms with E-state index in [0.717, 1.165) is 12.0 Å². The molecule has 1 heterocycles. The number of methoxy groups -OCH3 is 1. The first-order chi connectivity index (χ1) is 14.6. The number of rotatable bonds is 10. The number of alkyl halides is 2. The zero-order chi connectivity index (χ0) is 25.0. The Morgan fingerprint density at radius 1 is 1.16 bits per heavy atom. The van der Waals surface area contributed by atoms with Gasteiger partial charge in [-0.05, 0) is 27.2 Å². The van der Waals surface area contributed by atoms with E-state index in [9.17, 15) is 26.4 Å². The summed E-state index contributed by atoms with van der Waals surface area (Å²) in [6, 6.07) is -1.54. The Morgan fingerprint density at radius 2 is 1.72 bits per heavy atom. The van der Waals surface area contributed by atoms with Crippen molar-refractivity contribution in [2.75, 3.05) is 30.7 Å². The van der Waals surface area contributed by atoms with E-state index >= 15 is 0 Å². The summed E-state index contributed by atoms with van der Waals surface area (Å²) in [4.78, 5) is 26.6. The Labute approximate surface area is 198 Å². The van der Waals surface area contributed by atoms with Crippen LogP contribution in [0, 0.1) is 5.41 Å². The zero-order valence-electron chi connectivity index (χ0n) is 18.1. The molecule has 1 fully saturated rings. The summed E-state index contributed by atoms with van der Waals surface area (Å²) in [6.45, 7) is 7.12. The van der Waals surface area contributed by atoms with Crippen molar-refractivity contribution in [2.45, 2.75) is 44.9 Å². The van der Waals surface area contributed by atoms with Crippen molar-refractivity contribution in [1.82, 2.24) is 4.90 Å². The van der Waals surface area contributed by atoms with Gasteiger partial charge in [-0.3, -0.25) is 13.3 Å². The van der Waals surface area contributed by atoms with E-state index in [4.69, 9.17) is 41.0 Å². The highest BCUT2D eigenvalue weighted by Gasteiger charge is 2.62. The number of carbonyl (C=O) groups excluding carboxylic acids is 2. The molecule has 0 bridgehead atoms. The third-order valence-corrected chi connectivity index (χ3v) is 7.61. The maximum absolute atomic E-state index is 12.9. The average molecular weight is 540 g/mol. The Balaban J connectivity index is 3.66. The Bertz CT molecular complexity index is 916. The van der Waals surface area contributed by atoms with Crippen LogP contribution in [0.1, 0.15) is 27.2 Å². The lowest BCUT2D eigenvalue weighted by Crippen LogP contribution is -2.53. The number of carbonyl (C=O) groups is 2. The molecule has 0 saturated carbocycles. The number of hydrogen-bond acceptors (Lipinski definition) is 10. The van der Waals surface area contributed by atoms with E-state index in [1.165, 1.54) is 6.08 Å². The van der Waals surface area contributed by atoms with Gasteiger partial charge in [-0.25, -0.2) is 9.59 Å². The number of nitrogens with zero attached hydrogens (tertiary/aromatic N) is 1. The molecule has 1 amide bonds. The first-order valence-corrected chi connectivity index (χ1v) is 13.4. The van der Waals surface area contributed by atoms with E-state index < -0.39 is 79.0 Å². The van der Waals surface area contributed by atoms with Crippen LogP contribution in [-0.2, 0) is 42.9 Å². The highest BCUT2D eigenvalue weighted by molar-refractivity contribution is 7.88. The topological polar surface area (TPSA) is 143 Å². The summed E-state index contributed by atoms with van der Waals surface area (Å²) in [6.07, 6.45) is -1.33. The molecule has 0 spiro atoms. The predicted molar refractivity (Wildman–Crippen MR) is 116 cm³/mol. The second-order valence-electron chi connectivity index (χ2n) is 7.96. The first kappa shape index (κ1) is 28.9. The third kappa shape index (κ3) is 7.19. The van der Waals surface area contributed by atoms with Gasteiger partial charge in [0, 0.05) is 0 Å². The molecule has 1 aliphatic heterocycles. The molecule has 1 aliphatic rings. The standard InChI is InChI=1S/C17H27Cl2NO10S2/c1-6-7-17(9-28-31(23,24)10-18)12(30-32(25,26)11-19)8-20(13(17)14(21)27-5)15(22)29-16(2,3)4/h6,12-13H,1,7-11H2,2-5H3/t12?,13-,17+/m1/s1. The second kappa shape index (κ2) is 10.9. The molecule has 0 aliphatic carbocycles. The lowest BCUT2D eigenvalue weighted by Gasteiger charge is -2.37. The van der Waals surface area contributed by atoms with Crippen LogP contribution in [-0.4, -0.2) is 82.2 Å². The van der Waals surface area contributed by atoms with Gasteiger partial charge in [0.1, 0.15) is 28.2 Å². The maximum atomic E-state index is 12.9. The molecular weight excluding hydrogens is 513 g/mol. The molecule has 1 saturated heterocycles. The van der Waals surface area contributed by atoms with Gasteiger partial charge >= 0.3 is 12.1 Å². The van der Waals surface area contributed by atoms with E-state index in [0.29, 0.717) is 0 Å². The molecule has 1 unspecified atom stereocenters. The van der Waals surface area contributed by atoms with Crippen LogP contribution in [0.5, 0.6) is 0 Å². The minimum atomic E-state index is -4.32. The van der Waals surface area contributed by atoms with Crippen LogP contribution in [0.15, 0.2) is 12.7 Å². The first-order valence-electron chi connectivity index (χ1n) is 9.16. The molecule has 11 nitrogen and oxygen atoms in total. The van der Waals surface area contributed by atoms with Crippen LogP contribution in [0.25, 0.3) is 0 Å². The third-order valence-electron chi connectivity index (χ3n) is 4.47. The molecular formula is C17H27Cl2NO10S2. The molecule has 3 atom stereocenters. The van der Waals surface area contributed by atoms with Gasteiger partial charge < -0.3 is 9.47 Å². The monoisotopic (exact) mass is 539 g/mol. The van der Waals surface area contributed by atoms with Crippen molar-refractivity contribution in [2.24, 2.45) is 5.41 Å². The van der Waals surface area contributed by atoms with Crippen molar-refractivity contribution < 1.29 is 44.3 Å². The summed E-state index contributed by atoms with van der Waals surface area (Å²) in [5.74, 6) is -0.973. The Kier molecular flexibility index (Phi) is 9.82. The van der Waals surface area contributed by atoms with Crippen LogP contribution in [0.2, 0.25) is 0 Å². The highest BCUT2D eigenvalue weighted by Crippen LogP contribution is 2.45. The van der Waals surface area contributed by atoms with Gasteiger partial charge in [0.25, 0.3) is 20.2 Å². The number of halogens is 2. The lowest BCUT2D eigenvalue weighted by atomic mass is 9.76. The molecule has 1 rings (SSSR count). The lowest BCUT2D eigenvalue weighted by molar-refractivity contribution is -0.151. The second-order valence-corrected chi connectivity index (χ2v) is 12.4. The molecule has 0 aromatic carbocycles. The molecule has 186 valence electrons. The molecule has 32 heavy (non-hydrogen) atoms. The number of allylic oxidation sites excluding steroid dienone is 1. The summed E-state index contributed by atoms with van der Waals surface area (Å²) in [7, 11) is -7.52. The fraction of sp³-hybridized carbons (Fsp3) is 0.765. The summed E-state index contributed by atoms with van der Waals surface area (Å²) in [5, 5.41) is -1.83. The van der Waals surface area contributed by atoms with Crippen molar-refractivity contribution in [1.29, 1.82) is 0 Å². The SMILES string of the molecule is C=CC[C@]1(COS(=O)(=O)CCl)C(OS(=O)(=O)CCl)CN(C(=O)OC(C)(C)C)[C@@H]1C(=O)OC. The fourth-order valence-corrected chi connectivity index (χ4v) is 4.69. The van der Waals surface area contributed by atoms with Gasteiger partial charge in [0.2, 0.25) is 0 Å². The van der Waals surface area contributed by atoms with Crippen molar-refractivity contribution in [3.05, 3.63) is 12.7 Å². The van der Waals surface area contributed by atoms with Crippen molar-refractivity contribution in [3.63, 3.8) is 0 Å². The van der Waals surface area contributed by atoms with Crippen LogP contribution >= 0.6 is 23.2 Å². The Morgan fingerprint density at radius 3 is 2.16 bits per heavy atom. The van der Waals surface area contributed by atoms with E-state index in [1.807, 2.05) is 0 Å². The van der Waals surface area contributed by atoms with Crippen LogP contribution in [0.3, 0.4) is 0 Å². The van der Waals surface area contributed by atoms with Crippen molar-refractivity contribution in [3.8, 4) is 0 Å². The highest BCUT2D eigenvalue weighted by atomic mass is 35.5. The number of esters is 1. The zero-order valence-corrected chi connectivity index (χ0v) is 21.2. The molecule has 0 aromatic heterocycles. The van der Waals surface area contributed by atoms with Crippen LogP contribution in [0.4, 0.5) is 4.79 Å². The molecule has 0 N–H and O–H groups in total. The van der Waals surface area contributed by atoms with Gasteiger partial charge in [-0.15, -0.1) is 29.8 Å². The number of likely N-dealkylation sites (tertiary alicyclic amines) is 1. The number of ether oxygens (including phenoxy) is 2. The summed E-state index contributed by atoms with van der Waals surface area (Å²) < 4.78 is 68.4. The van der Waals surface area contributed by atoms with Gasteiger partial charge in [-0.1, -0.05) is 6.08 Å². The van der Waals surface area contributed by atoms with Gasteiger partial charge in [0.05, 0.1) is 25.7 Å². The normalized spacial score (nSPS) is 24.2. The smallest absolute Gasteiger partial charge is 0.411 e. The van der Waals surface area contributed by atoms with E-state index in [1.54, 1.807) is 20.8 Å². The summed E-state index contributed by atoms with van der Waals surface area (Å²) >= 11 is 10.8. The summed E-state index contributed by atoms with van der Waals surface area (Å²) in [5.41, 5.74) is -2.71. The average Bonchev–Trinajstić information content (AvgIpc) is 2.98. The predicted octanol–water partition coefficient (Wildman–Crippen LogP) is 1.80. The number of amides is 1. The minimum absolute atomic E-state index is 0.202. The quantitative estimate of drug-likeness (QED) is 0.174. The van der Waals surface area contributed by atoms with E-state index in [-0.39, 0.29) is 6.42 Å². The minimum Gasteiger partial charge on any atom is -0.467 e. The van der Waals surface area contributed by atoms with Crippen molar-refractivity contribution >= 4 is 55.5 Å².